The summed E-state index contributed by atoms with van der Waals surface area (Å²) in [6.45, 7) is 1.40. The number of aliphatic carboxylic acids is 1. The topological polar surface area (TPSA) is 109 Å². The average molecular weight is 266 g/mol. The number of anilines is 1. The molecule has 7 heteroatoms. The van der Waals surface area contributed by atoms with E-state index in [0.29, 0.717) is 6.08 Å². The van der Waals surface area contributed by atoms with E-state index < -0.39 is 23.6 Å². The molecule has 1 aromatic rings. The van der Waals surface area contributed by atoms with Crippen molar-refractivity contribution >= 4 is 23.5 Å². The predicted octanol–water partition coefficient (Wildman–Crippen LogP) is 0.812. The molecule has 0 spiro atoms. The van der Waals surface area contributed by atoms with Crippen molar-refractivity contribution in [1.29, 1.82) is 0 Å². The third-order valence-electron chi connectivity index (χ3n) is 2.26. The van der Waals surface area contributed by atoms with Gasteiger partial charge in [0.15, 0.2) is 0 Å². The minimum atomic E-state index is -1.29. The Labute approximate surface area is 107 Å². The highest BCUT2D eigenvalue weighted by molar-refractivity contribution is 6.03. The second-order valence-electron chi connectivity index (χ2n) is 3.66. The van der Waals surface area contributed by atoms with E-state index in [1.54, 1.807) is 0 Å². The summed E-state index contributed by atoms with van der Waals surface area (Å²) >= 11 is 0. The molecular formula is C12H11FN2O4. The van der Waals surface area contributed by atoms with Crippen molar-refractivity contribution < 1.29 is 23.9 Å². The lowest BCUT2D eigenvalue weighted by atomic mass is 10.1. The highest BCUT2D eigenvalue weighted by Gasteiger charge is 2.11. The minimum absolute atomic E-state index is 0.0499. The summed E-state index contributed by atoms with van der Waals surface area (Å²) in [6.07, 6.45) is 1.41. The van der Waals surface area contributed by atoms with Crippen LogP contribution in [0.4, 0.5) is 10.1 Å². The first-order valence-electron chi connectivity index (χ1n) is 5.13. The summed E-state index contributed by atoms with van der Waals surface area (Å²) in [5.74, 6) is -3.58. The molecule has 0 heterocycles. The van der Waals surface area contributed by atoms with Gasteiger partial charge in [-0.15, -0.1) is 0 Å². The Morgan fingerprint density at radius 2 is 1.95 bits per heavy atom. The number of carbonyl (C=O) groups excluding carboxylic acids is 2. The van der Waals surface area contributed by atoms with Gasteiger partial charge in [-0.2, -0.15) is 0 Å². The van der Waals surface area contributed by atoms with Crippen LogP contribution >= 0.6 is 0 Å². The van der Waals surface area contributed by atoms with E-state index >= 15 is 0 Å². The Morgan fingerprint density at radius 3 is 2.47 bits per heavy atom. The van der Waals surface area contributed by atoms with Crippen molar-refractivity contribution in [2.45, 2.75) is 6.92 Å². The first kappa shape index (κ1) is 14.4. The summed E-state index contributed by atoms with van der Waals surface area (Å²) in [6, 6.07) is 2.17. The number of carbonyl (C=O) groups is 3. The monoisotopic (exact) mass is 266 g/mol. The lowest BCUT2D eigenvalue weighted by Crippen LogP contribution is -2.15. The van der Waals surface area contributed by atoms with Crippen molar-refractivity contribution in [3.05, 3.63) is 41.2 Å². The fraction of sp³-hybridized carbons (Fsp3) is 0.0833. The largest absolute Gasteiger partial charge is 0.478 e. The van der Waals surface area contributed by atoms with Gasteiger partial charge >= 0.3 is 5.97 Å². The second-order valence-corrected chi connectivity index (χ2v) is 3.66. The number of carboxylic acids is 1. The molecule has 0 saturated heterocycles. The van der Waals surface area contributed by atoms with Crippen LogP contribution in [0.25, 0.3) is 0 Å². The van der Waals surface area contributed by atoms with Crippen LogP contribution in [0, 0.1) is 12.7 Å². The number of carboxylic acid groups (broad SMARTS) is 1. The SMILES string of the molecule is Cc1c(F)cc(C(N)=O)cc1NC(=O)/C=C/C(=O)O. The molecule has 0 bridgehead atoms. The van der Waals surface area contributed by atoms with Crippen molar-refractivity contribution in [2.75, 3.05) is 5.32 Å². The summed E-state index contributed by atoms with van der Waals surface area (Å²) < 4.78 is 13.5. The normalized spacial score (nSPS) is 10.4. The Morgan fingerprint density at radius 1 is 1.32 bits per heavy atom. The lowest BCUT2D eigenvalue weighted by molar-refractivity contribution is -0.131. The summed E-state index contributed by atoms with van der Waals surface area (Å²) in [5.41, 5.74) is 5.09. The van der Waals surface area contributed by atoms with Gasteiger partial charge in [0, 0.05) is 29.0 Å². The number of amides is 2. The first-order valence-corrected chi connectivity index (χ1v) is 5.13. The van der Waals surface area contributed by atoms with Crippen LogP contribution in [0.2, 0.25) is 0 Å². The lowest BCUT2D eigenvalue weighted by Gasteiger charge is -2.09. The number of hydrogen-bond donors (Lipinski definition) is 3. The first-order chi connectivity index (χ1) is 8.81. The zero-order chi connectivity index (χ0) is 14.6. The van der Waals surface area contributed by atoms with Gasteiger partial charge in [-0.05, 0) is 19.1 Å². The fourth-order valence-electron chi connectivity index (χ4n) is 1.27. The van der Waals surface area contributed by atoms with Crippen molar-refractivity contribution in [3.63, 3.8) is 0 Å². The van der Waals surface area contributed by atoms with Gasteiger partial charge in [-0.3, -0.25) is 9.59 Å². The molecule has 0 aliphatic heterocycles. The quantitative estimate of drug-likeness (QED) is 0.700. The molecule has 6 nitrogen and oxygen atoms in total. The van der Waals surface area contributed by atoms with E-state index in [4.69, 9.17) is 10.8 Å². The number of primary amides is 1. The van der Waals surface area contributed by atoms with Gasteiger partial charge in [0.1, 0.15) is 5.82 Å². The molecule has 0 saturated carbocycles. The highest BCUT2D eigenvalue weighted by atomic mass is 19.1. The molecule has 0 radical (unpaired) electrons. The van der Waals surface area contributed by atoms with E-state index in [0.717, 1.165) is 12.1 Å². The summed E-state index contributed by atoms with van der Waals surface area (Å²) in [4.78, 5) is 32.6. The molecule has 0 atom stereocenters. The molecule has 0 aliphatic rings. The number of benzene rings is 1. The Bertz CT molecular complexity index is 581. The molecule has 2 amide bonds. The molecule has 1 rings (SSSR count). The number of nitrogens with one attached hydrogen (secondary N) is 1. The molecule has 1 aromatic carbocycles. The van der Waals surface area contributed by atoms with Gasteiger partial charge in [0.2, 0.25) is 11.8 Å². The third kappa shape index (κ3) is 3.91. The van der Waals surface area contributed by atoms with Gasteiger partial charge in [0.25, 0.3) is 0 Å². The van der Waals surface area contributed by atoms with Gasteiger partial charge in [0.05, 0.1) is 0 Å². The molecule has 100 valence electrons. The molecule has 0 fully saturated rings. The summed E-state index contributed by atoms with van der Waals surface area (Å²) in [7, 11) is 0. The zero-order valence-electron chi connectivity index (χ0n) is 9.94. The highest BCUT2D eigenvalue weighted by Crippen LogP contribution is 2.20. The van der Waals surface area contributed by atoms with Gasteiger partial charge in [-0.1, -0.05) is 0 Å². The maximum Gasteiger partial charge on any atom is 0.328 e. The zero-order valence-corrected chi connectivity index (χ0v) is 9.94. The smallest absolute Gasteiger partial charge is 0.328 e. The second kappa shape index (κ2) is 5.76. The number of nitrogens with two attached hydrogens (primary N) is 1. The van der Waals surface area contributed by atoms with Crippen LogP contribution in [-0.2, 0) is 9.59 Å². The van der Waals surface area contributed by atoms with Crippen molar-refractivity contribution in [2.24, 2.45) is 5.73 Å². The maximum absolute atomic E-state index is 13.5. The van der Waals surface area contributed by atoms with Crippen molar-refractivity contribution in [3.8, 4) is 0 Å². The molecular weight excluding hydrogens is 255 g/mol. The molecule has 4 N–H and O–H groups in total. The molecule has 0 aliphatic carbocycles. The standard InChI is InChI=1S/C12H11FN2O4/c1-6-8(13)4-7(12(14)19)5-9(6)15-10(16)2-3-11(17)18/h2-5H,1H3,(H2,14,19)(H,15,16)(H,17,18)/b3-2+. The fourth-order valence-corrected chi connectivity index (χ4v) is 1.27. The van der Waals surface area contributed by atoms with Crippen LogP contribution < -0.4 is 11.1 Å². The van der Waals surface area contributed by atoms with Gasteiger partial charge in [-0.25, -0.2) is 9.18 Å². The van der Waals surface area contributed by atoms with E-state index in [2.05, 4.69) is 5.32 Å². The van der Waals surface area contributed by atoms with Crippen LogP contribution in [0.3, 0.4) is 0 Å². The molecule has 19 heavy (non-hydrogen) atoms. The van der Waals surface area contributed by atoms with E-state index in [-0.39, 0.29) is 16.8 Å². The van der Waals surface area contributed by atoms with Crippen LogP contribution in [0.5, 0.6) is 0 Å². The Balaban J connectivity index is 3.03. The number of hydrogen-bond acceptors (Lipinski definition) is 3. The molecule has 0 unspecified atom stereocenters. The average Bonchev–Trinajstić information content (AvgIpc) is 2.31. The maximum atomic E-state index is 13.5. The van der Waals surface area contributed by atoms with E-state index in [1.165, 1.54) is 13.0 Å². The Kier molecular flexibility index (Phi) is 4.36. The van der Waals surface area contributed by atoms with E-state index in [1.807, 2.05) is 0 Å². The number of rotatable bonds is 4. The third-order valence-corrected chi connectivity index (χ3v) is 2.26. The Hall–Kier alpha value is -2.70. The molecule has 0 aromatic heterocycles. The predicted molar refractivity (Wildman–Crippen MR) is 65.1 cm³/mol. The summed E-state index contributed by atoms with van der Waals surface area (Å²) in [5, 5.41) is 10.6. The van der Waals surface area contributed by atoms with Crippen LogP contribution in [0.15, 0.2) is 24.3 Å². The van der Waals surface area contributed by atoms with Crippen molar-refractivity contribution in [1.82, 2.24) is 0 Å². The van der Waals surface area contributed by atoms with Crippen LogP contribution in [0.1, 0.15) is 15.9 Å². The minimum Gasteiger partial charge on any atom is -0.478 e. The van der Waals surface area contributed by atoms with Crippen LogP contribution in [-0.4, -0.2) is 22.9 Å². The van der Waals surface area contributed by atoms with Gasteiger partial charge < -0.3 is 16.2 Å². The number of halogens is 1. The van der Waals surface area contributed by atoms with E-state index in [9.17, 15) is 18.8 Å².